The van der Waals surface area contributed by atoms with Crippen LogP contribution in [0.4, 0.5) is 8.78 Å². The number of fused-ring (bicyclic) bond motifs is 1. The molecule has 86 valence electrons. The van der Waals surface area contributed by atoms with Gasteiger partial charge in [0.2, 0.25) is 0 Å². The highest BCUT2D eigenvalue weighted by atomic mass is 79.9. The Hall–Kier alpha value is -0.520. The van der Waals surface area contributed by atoms with Crippen LogP contribution in [0.3, 0.4) is 0 Å². The lowest BCUT2D eigenvalue weighted by Gasteiger charge is -2.28. The summed E-state index contributed by atoms with van der Waals surface area (Å²) in [5.41, 5.74) is 2.01. The Labute approximate surface area is 100 Å². The number of rotatable bonds is 2. The molecule has 0 aromatic heterocycles. The molecule has 2 nitrogen and oxygen atoms in total. The van der Waals surface area contributed by atoms with Gasteiger partial charge in [0.1, 0.15) is 18.0 Å². The largest absolute Gasteiger partial charge is 0.297 e. The normalized spacial score (nSPS) is 36.2. The first kappa shape index (κ1) is 10.6. The molecule has 1 aliphatic carbocycles. The number of nitrogens with one attached hydrogen (secondary N) is 1. The Bertz CT molecular complexity index is 442. The molecule has 0 amide bonds. The van der Waals surface area contributed by atoms with E-state index in [0.29, 0.717) is 5.56 Å². The minimum Gasteiger partial charge on any atom is -0.297 e. The fraction of sp³-hybridized carbons (Fsp3) is 0.455. The summed E-state index contributed by atoms with van der Waals surface area (Å²) < 4.78 is 27.8. The lowest BCUT2D eigenvalue weighted by molar-refractivity contribution is 0.00723. The molecule has 1 saturated heterocycles. The Balaban J connectivity index is 2.09. The molecule has 1 aromatic rings. The Kier molecular flexibility index (Phi) is 2.31. The smallest absolute Gasteiger partial charge is 0.128 e. The van der Waals surface area contributed by atoms with Crippen molar-refractivity contribution in [1.29, 1.82) is 0 Å². The molecular formula is C11H10BrF2NO. The van der Waals surface area contributed by atoms with Gasteiger partial charge < -0.3 is 0 Å². The second-order valence-electron chi connectivity index (χ2n) is 4.33. The Morgan fingerprint density at radius 2 is 2.38 bits per heavy atom. The first-order valence-electron chi connectivity index (χ1n) is 5.12. The van der Waals surface area contributed by atoms with Crippen LogP contribution >= 0.6 is 15.9 Å². The Morgan fingerprint density at radius 3 is 2.94 bits per heavy atom. The minimum absolute atomic E-state index is 0.0362. The minimum atomic E-state index is -1.00. The van der Waals surface area contributed by atoms with Gasteiger partial charge in [0, 0.05) is 16.0 Å². The van der Waals surface area contributed by atoms with Gasteiger partial charge in [0.15, 0.2) is 0 Å². The second kappa shape index (κ2) is 3.48. The highest BCUT2D eigenvalue weighted by Crippen LogP contribution is 2.53. The van der Waals surface area contributed by atoms with Gasteiger partial charge >= 0.3 is 0 Å². The average Bonchev–Trinajstić information content (AvgIpc) is 2.98. The zero-order valence-corrected chi connectivity index (χ0v) is 9.93. The highest BCUT2D eigenvalue weighted by molar-refractivity contribution is 9.10. The zero-order valence-electron chi connectivity index (χ0n) is 8.34. The maximum Gasteiger partial charge on any atom is 0.128 e. The maximum absolute atomic E-state index is 13.8. The van der Waals surface area contributed by atoms with Crippen molar-refractivity contribution in [3.8, 4) is 0 Å². The van der Waals surface area contributed by atoms with E-state index in [0.717, 1.165) is 10.9 Å². The van der Waals surface area contributed by atoms with Crippen LogP contribution in [0, 0.1) is 11.7 Å². The third-order valence-corrected chi connectivity index (χ3v) is 3.87. The third kappa shape index (κ3) is 1.35. The van der Waals surface area contributed by atoms with Gasteiger partial charge in [-0.3, -0.25) is 4.84 Å². The monoisotopic (exact) mass is 289 g/mol. The van der Waals surface area contributed by atoms with E-state index in [1.807, 2.05) is 0 Å². The highest BCUT2D eigenvalue weighted by Gasteiger charge is 2.61. The molecule has 16 heavy (non-hydrogen) atoms. The molecule has 0 bridgehead atoms. The summed E-state index contributed by atoms with van der Waals surface area (Å²) in [5, 5.41) is 0. The molecule has 2 aliphatic rings. The van der Waals surface area contributed by atoms with E-state index >= 15 is 0 Å². The van der Waals surface area contributed by atoms with E-state index in [1.54, 1.807) is 12.1 Å². The number of hydroxylamine groups is 1. The van der Waals surface area contributed by atoms with Crippen molar-refractivity contribution in [2.45, 2.75) is 18.1 Å². The summed E-state index contributed by atoms with van der Waals surface area (Å²) in [5.74, 6) is -0.356. The molecule has 1 N–H and O–H groups in total. The summed E-state index contributed by atoms with van der Waals surface area (Å²) in [4.78, 5) is 5.21. The number of alkyl halides is 1. The SMILES string of the molecule is FC[C@]1(c2cc(Br)ccc2F)NO[C@@H]2C[C@@H]21. The Morgan fingerprint density at radius 1 is 1.56 bits per heavy atom. The van der Waals surface area contributed by atoms with E-state index in [1.165, 1.54) is 6.07 Å². The van der Waals surface area contributed by atoms with Crippen molar-refractivity contribution >= 4 is 15.9 Å². The van der Waals surface area contributed by atoms with Crippen LogP contribution in [0.15, 0.2) is 22.7 Å². The van der Waals surface area contributed by atoms with Crippen LogP contribution in [0.25, 0.3) is 0 Å². The average molecular weight is 290 g/mol. The topological polar surface area (TPSA) is 21.3 Å². The summed E-state index contributed by atoms with van der Waals surface area (Å²) in [6, 6.07) is 4.56. The molecule has 0 spiro atoms. The first-order valence-corrected chi connectivity index (χ1v) is 5.91. The molecule has 1 aromatic carbocycles. The van der Waals surface area contributed by atoms with Crippen LogP contribution in [0.2, 0.25) is 0 Å². The van der Waals surface area contributed by atoms with E-state index < -0.39 is 18.0 Å². The van der Waals surface area contributed by atoms with Gasteiger partial charge in [0.05, 0.1) is 6.10 Å². The molecule has 1 saturated carbocycles. The van der Waals surface area contributed by atoms with Crippen molar-refractivity contribution in [3.05, 3.63) is 34.1 Å². The summed E-state index contributed by atoms with van der Waals surface area (Å²) >= 11 is 3.27. The van der Waals surface area contributed by atoms with Gasteiger partial charge in [0.25, 0.3) is 0 Å². The zero-order chi connectivity index (χ0) is 11.3. The molecule has 2 fully saturated rings. The summed E-state index contributed by atoms with van der Waals surface area (Å²) in [6.07, 6.45) is 0.831. The van der Waals surface area contributed by atoms with Crippen molar-refractivity contribution in [2.75, 3.05) is 6.67 Å². The quantitative estimate of drug-likeness (QED) is 0.904. The molecule has 0 radical (unpaired) electrons. The number of hydrogen-bond donors (Lipinski definition) is 1. The second-order valence-corrected chi connectivity index (χ2v) is 5.25. The van der Waals surface area contributed by atoms with Crippen LogP contribution in [0.5, 0.6) is 0 Å². The predicted octanol–water partition coefficient (Wildman–Crippen LogP) is 2.68. The number of halogens is 3. The van der Waals surface area contributed by atoms with Gasteiger partial charge in [-0.2, -0.15) is 5.48 Å². The molecular weight excluding hydrogens is 280 g/mol. The lowest BCUT2D eigenvalue weighted by Crippen LogP contribution is -2.43. The van der Waals surface area contributed by atoms with Gasteiger partial charge in [-0.15, -0.1) is 0 Å². The maximum atomic E-state index is 13.8. The molecule has 0 unspecified atom stereocenters. The van der Waals surface area contributed by atoms with Crippen LogP contribution in [-0.2, 0) is 10.4 Å². The van der Waals surface area contributed by atoms with Crippen LogP contribution in [0.1, 0.15) is 12.0 Å². The third-order valence-electron chi connectivity index (χ3n) is 3.38. The summed E-state index contributed by atoms with van der Waals surface area (Å²) in [6.45, 7) is -0.665. The van der Waals surface area contributed by atoms with Gasteiger partial charge in [-0.25, -0.2) is 8.78 Å². The van der Waals surface area contributed by atoms with E-state index in [4.69, 9.17) is 4.84 Å². The van der Waals surface area contributed by atoms with Crippen molar-refractivity contribution in [3.63, 3.8) is 0 Å². The van der Waals surface area contributed by atoms with E-state index in [9.17, 15) is 8.78 Å². The number of benzene rings is 1. The predicted molar refractivity (Wildman–Crippen MR) is 57.9 cm³/mol. The molecule has 5 heteroatoms. The first-order chi connectivity index (χ1) is 7.67. The molecule has 1 aliphatic heterocycles. The van der Waals surface area contributed by atoms with Crippen LogP contribution < -0.4 is 5.48 Å². The molecule has 1 heterocycles. The van der Waals surface area contributed by atoms with E-state index in [2.05, 4.69) is 21.4 Å². The number of hydrogen-bond acceptors (Lipinski definition) is 2. The van der Waals surface area contributed by atoms with Crippen molar-refractivity contribution < 1.29 is 13.6 Å². The van der Waals surface area contributed by atoms with Crippen LogP contribution in [-0.4, -0.2) is 12.8 Å². The summed E-state index contributed by atoms with van der Waals surface area (Å²) in [7, 11) is 0. The lowest BCUT2D eigenvalue weighted by atomic mass is 9.87. The molecule has 3 rings (SSSR count). The van der Waals surface area contributed by atoms with Gasteiger partial charge in [-0.05, 0) is 24.6 Å². The van der Waals surface area contributed by atoms with Crippen molar-refractivity contribution in [1.82, 2.24) is 5.48 Å². The fourth-order valence-corrected chi connectivity index (χ4v) is 2.73. The van der Waals surface area contributed by atoms with Gasteiger partial charge in [-0.1, -0.05) is 15.9 Å². The molecule has 3 atom stereocenters. The standard InChI is InChI=1S/C11H10BrF2NO/c12-6-1-2-9(14)7(3-6)11(5-13)8-4-10(8)16-15-11/h1-3,8,10,15H,4-5H2/t8-,10+,11+/m0/s1. The van der Waals surface area contributed by atoms with Crippen molar-refractivity contribution in [2.24, 2.45) is 5.92 Å². The van der Waals surface area contributed by atoms with E-state index in [-0.39, 0.29) is 12.0 Å². The fourth-order valence-electron chi connectivity index (χ4n) is 2.37.